The van der Waals surface area contributed by atoms with Gasteiger partial charge in [0.1, 0.15) is 16.8 Å². The first-order valence-electron chi connectivity index (χ1n) is 8.37. The highest BCUT2D eigenvalue weighted by molar-refractivity contribution is 7.07. The highest BCUT2D eigenvalue weighted by atomic mass is 32.1. The van der Waals surface area contributed by atoms with Crippen LogP contribution in [0.15, 0.2) is 47.3 Å². The maximum Gasteiger partial charge on any atom is 0.273 e. The zero-order valence-electron chi connectivity index (χ0n) is 15.3. The van der Waals surface area contributed by atoms with E-state index in [4.69, 9.17) is 0 Å². The second-order valence-corrected chi connectivity index (χ2v) is 7.34. The number of benzene rings is 2. The van der Waals surface area contributed by atoms with Crippen LogP contribution in [-0.4, -0.2) is 4.57 Å². The Kier molecular flexibility index (Phi) is 5.07. The normalized spacial score (nSPS) is 11.1. The van der Waals surface area contributed by atoms with E-state index in [-0.39, 0.29) is 11.1 Å². The van der Waals surface area contributed by atoms with Gasteiger partial charge in [0.15, 0.2) is 5.57 Å². The van der Waals surface area contributed by atoms with Gasteiger partial charge in [0.25, 0.3) is 5.56 Å². The molecule has 0 amide bonds. The van der Waals surface area contributed by atoms with Gasteiger partial charge in [0.2, 0.25) is 0 Å². The van der Waals surface area contributed by atoms with Gasteiger partial charge < -0.3 is 0 Å². The van der Waals surface area contributed by atoms with Crippen LogP contribution in [0.2, 0.25) is 0 Å². The lowest BCUT2D eigenvalue weighted by Crippen LogP contribution is -2.31. The average molecular weight is 371 g/mol. The fourth-order valence-electron chi connectivity index (χ4n) is 3.04. The van der Waals surface area contributed by atoms with Crippen LogP contribution in [-0.2, 0) is 0 Å². The average Bonchev–Trinajstić information content (AvgIpc) is 2.93. The molecule has 0 spiro atoms. The maximum atomic E-state index is 13.2. The fourth-order valence-corrected chi connectivity index (χ4v) is 4.08. The number of aryl methyl sites for hydroxylation is 3. The smallest absolute Gasteiger partial charge is 0.267 e. The molecule has 2 aromatic carbocycles. The second-order valence-electron chi connectivity index (χ2n) is 6.31. The number of hydrogen-bond donors (Lipinski definition) is 0. The van der Waals surface area contributed by atoms with Crippen LogP contribution < -0.4 is 14.8 Å². The molecule has 0 radical (unpaired) electrons. The molecule has 0 unspecified atom stereocenters. The van der Waals surface area contributed by atoms with E-state index in [0.29, 0.717) is 9.20 Å². The van der Waals surface area contributed by atoms with Crippen molar-refractivity contribution in [1.82, 2.24) is 4.57 Å². The lowest BCUT2D eigenvalue weighted by Gasteiger charge is -2.10. The van der Waals surface area contributed by atoms with Crippen molar-refractivity contribution in [2.24, 2.45) is 0 Å². The second kappa shape index (κ2) is 7.45. The molecule has 0 saturated carbocycles. The lowest BCUT2D eigenvalue weighted by molar-refractivity contribution is 0.962. The fraction of sp³-hybridized carbons (Fsp3) is 0.136. The molecule has 0 fully saturated rings. The summed E-state index contributed by atoms with van der Waals surface area (Å²) < 4.78 is 2.35. The van der Waals surface area contributed by atoms with Crippen LogP contribution in [0, 0.1) is 43.4 Å². The van der Waals surface area contributed by atoms with Crippen LogP contribution in [0.25, 0.3) is 17.3 Å². The number of aromatic nitrogens is 1. The Morgan fingerprint density at radius 3 is 2.26 bits per heavy atom. The van der Waals surface area contributed by atoms with Crippen molar-refractivity contribution in [3.8, 4) is 17.8 Å². The summed E-state index contributed by atoms with van der Waals surface area (Å²) in [6.45, 7) is 5.82. The van der Waals surface area contributed by atoms with Gasteiger partial charge in [-0.15, -0.1) is 11.3 Å². The van der Waals surface area contributed by atoms with Crippen molar-refractivity contribution in [1.29, 1.82) is 10.5 Å². The standard InChI is InChI=1S/C22H17N3OS/c1-14-6-4-9-17(10-14)11-19-21(26)25(22(27-19)18(12-23)13-24)20-15(2)7-5-8-16(20)3/h4-11H,1-3H3/b19-11-. The maximum absolute atomic E-state index is 13.2. The number of hydrogen-bond acceptors (Lipinski definition) is 4. The summed E-state index contributed by atoms with van der Waals surface area (Å²) in [6.07, 6.45) is 1.81. The highest BCUT2D eigenvalue weighted by Crippen LogP contribution is 2.16. The summed E-state index contributed by atoms with van der Waals surface area (Å²) in [4.78, 5) is 13.2. The molecule has 0 aliphatic carbocycles. The molecular weight excluding hydrogens is 354 g/mol. The highest BCUT2D eigenvalue weighted by Gasteiger charge is 2.14. The van der Waals surface area contributed by atoms with Crippen molar-refractivity contribution in [2.45, 2.75) is 20.8 Å². The third-order valence-electron chi connectivity index (χ3n) is 4.26. The van der Waals surface area contributed by atoms with E-state index in [9.17, 15) is 15.3 Å². The van der Waals surface area contributed by atoms with E-state index in [1.54, 1.807) is 6.08 Å². The molecular formula is C22H17N3OS. The number of nitriles is 2. The first-order chi connectivity index (χ1) is 13.0. The summed E-state index contributed by atoms with van der Waals surface area (Å²) in [5.74, 6) is 0. The van der Waals surface area contributed by atoms with Gasteiger partial charge in [0, 0.05) is 0 Å². The Hall–Kier alpha value is -3.41. The minimum Gasteiger partial charge on any atom is -0.267 e. The molecule has 0 atom stereocenters. The molecule has 0 aliphatic heterocycles. The summed E-state index contributed by atoms with van der Waals surface area (Å²) in [5, 5.41) is 18.8. The molecule has 0 bridgehead atoms. The Morgan fingerprint density at radius 2 is 1.67 bits per heavy atom. The number of rotatable bonds is 2. The van der Waals surface area contributed by atoms with Crippen molar-refractivity contribution in [3.63, 3.8) is 0 Å². The zero-order chi connectivity index (χ0) is 19.6. The third kappa shape index (κ3) is 3.46. The van der Waals surface area contributed by atoms with Gasteiger partial charge in [-0.3, -0.25) is 9.36 Å². The largest absolute Gasteiger partial charge is 0.273 e. The van der Waals surface area contributed by atoms with Crippen molar-refractivity contribution >= 4 is 23.0 Å². The molecule has 3 rings (SSSR count). The van der Waals surface area contributed by atoms with Crippen LogP contribution in [0.4, 0.5) is 0 Å². The third-order valence-corrected chi connectivity index (χ3v) is 5.36. The Balaban J connectivity index is 2.47. The van der Waals surface area contributed by atoms with Gasteiger partial charge in [-0.05, 0) is 43.5 Å². The molecule has 0 N–H and O–H groups in total. The molecule has 0 saturated heterocycles. The molecule has 5 heteroatoms. The van der Waals surface area contributed by atoms with Crippen molar-refractivity contribution in [3.05, 3.63) is 84.3 Å². The van der Waals surface area contributed by atoms with Gasteiger partial charge >= 0.3 is 0 Å². The minimum atomic E-state index is -0.225. The Morgan fingerprint density at radius 1 is 1.04 bits per heavy atom. The van der Waals surface area contributed by atoms with E-state index in [2.05, 4.69) is 0 Å². The first-order valence-corrected chi connectivity index (χ1v) is 9.19. The van der Waals surface area contributed by atoms with Gasteiger partial charge in [-0.1, -0.05) is 48.0 Å². The number of thiazole rings is 1. The van der Waals surface area contributed by atoms with E-state index in [1.807, 2.05) is 75.4 Å². The van der Waals surface area contributed by atoms with E-state index < -0.39 is 0 Å². The summed E-state index contributed by atoms with van der Waals surface area (Å²) >= 11 is 1.17. The molecule has 1 heterocycles. The van der Waals surface area contributed by atoms with E-state index >= 15 is 0 Å². The molecule has 0 aliphatic rings. The van der Waals surface area contributed by atoms with Gasteiger partial charge in [-0.2, -0.15) is 10.5 Å². The number of nitrogens with zero attached hydrogens (tertiary/aromatic N) is 3. The van der Waals surface area contributed by atoms with Crippen LogP contribution in [0.5, 0.6) is 0 Å². The topological polar surface area (TPSA) is 69.6 Å². The monoisotopic (exact) mass is 371 g/mol. The van der Waals surface area contributed by atoms with Crippen LogP contribution in [0.3, 0.4) is 0 Å². The summed E-state index contributed by atoms with van der Waals surface area (Å²) in [7, 11) is 0. The summed E-state index contributed by atoms with van der Waals surface area (Å²) in [5.41, 5.74) is 4.25. The van der Waals surface area contributed by atoms with Gasteiger partial charge in [0.05, 0.1) is 10.2 Å². The van der Waals surface area contributed by atoms with E-state index in [0.717, 1.165) is 27.9 Å². The Bertz CT molecular complexity index is 1260. The molecule has 3 aromatic rings. The predicted octanol–water partition coefficient (Wildman–Crippen LogP) is 2.85. The lowest BCUT2D eigenvalue weighted by atomic mass is 10.1. The van der Waals surface area contributed by atoms with Crippen molar-refractivity contribution in [2.75, 3.05) is 0 Å². The van der Waals surface area contributed by atoms with Gasteiger partial charge in [-0.25, -0.2) is 0 Å². The minimum absolute atomic E-state index is 0.0661. The first kappa shape index (κ1) is 18.4. The summed E-state index contributed by atoms with van der Waals surface area (Å²) in [6, 6.07) is 17.4. The van der Waals surface area contributed by atoms with E-state index in [1.165, 1.54) is 15.9 Å². The molecule has 132 valence electrons. The molecule has 1 aromatic heterocycles. The Labute approximate surface area is 161 Å². The molecule has 4 nitrogen and oxygen atoms in total. The zero-order valence-corrected chi connectivity index (χ0v) is 16.1. The number of para-hydroxylation sites is 1. The predicted molar refractivity (Wildman–Crippen MR) is 108 cm³/mol. The van der Waals surface area contributed by atoms with Crippen LogP contribution >= 0.6 is 11.3 Å². The van der Waals surface area contributed by atoms with Crippen LogP contribution in [0.1, 0.15) is 22.3 Å². The SMILES string of the molecule is Cc1cccc(/C=c2\sc(=C(C#N)C#N)n(-c3c(C)cccc3C)c2=O)c1. The quantitative estimate of drug-likeness (QED) is 0.695. The van der Waals surface area contributed by atoms with Crippen molar-refractivity contribution < 1.29 is 0 Å². The molecule has 27 heavy (non-hydrogen) atoms.